The van der Waals surface area contributed by atoms with Gasteiger partial charge in [-0.3, -0.25) is 0 Å². The average Bonchev–Trinajstić information content (AvgIpc) is 2.52. The van der Waals surface area contributed by atoms with E-state index in [0.29, 0.717) is 18.1 Å². The summed E-state index contributed by atoms with van der Waals surface area (Å²) in [7, 11) is 0. The van der Waals surface area contributed by atoms with Crippen LogP contribution >= 0.6 is 11.6 Å². The molecule has 21 heavy (non-hydrogen) atoms. The molecule has 0 amide bonds. The van der Waals surface area contributed by atoms with Gasteiger partial charge in [-0.15, -0.1) is 0 Å². The van der Waals surface area contributed by atoms with Gasteiger partial charge in [0, 0.05) is 43.3 Å². The van der Waals surface area contributed by atoms with E-state index in [4.69, 9.17) is 16.3 Å². The highest BCUT2D eigenvalue weighted by molar-refractivity contribution is 6.30. The number of nitrogens with zero attached hydrogens (tertiary/aromatic N) is 1. The van der Waals surface area contributed by atoms with Crippen LogP contribution in [-0.4, -0.2) is 49.3 Å². The molecule has 1 heterocycles. The highest BCUT2D eigenvalue weighted by Gasteiger charge is 2.17. The number of hydrogen-bond acceptors (Lipinski definition) is 4. The lowest BCUT2D eigenvalue weighted by Gasteiger charge is -2.28. The zero-order valence-corrected chi connectivity index (χ0v) is 13.4. The molecule has 118 valence electrons. The smallest absolute Gasteiger partial charge is 0.125 e. The third-order valence-electron chi connectivity index (χ3n) is 3.72. The van der Waals surface area contributed by atoms with Crippen molar-refractivity contribution in [3.63, 3.8) is 0 Å². The summed E-state index contributed by atoms with van der Waals surface area (Å²) in [6.45, 7) is 7.75. The van der Waals surface area contributed by atoms with Gasteiger partial charge in [0.2, 0.25) is 0 Å². The lowest BCUT2D eigenvalue weighted by Crippen LogP contribution is -2.44. The second-order valence-corrected chi connectivity index (χ2v) is 5.86. The van der Waals surface area contributed by atoms with E-state index < -0.39 is 6.10 Å². The summed E-state index contributed by atoms with van der Waals surface area (Å²) in [5, 5.41) is 14.4. The van der Waals surface area contributed by atoms with Gasteiger partial charge in [-0.2, -0.15) is 0 Å². The number of piperazine rings is 1. The first kappa shape index (κ1) is 16.6. The van der Waals surface area contributed by atoms with E-state index in [1.165, 1.54) is 0 Å². The van der Waals surface area contributed by atoms with Gasteiger partial charge in [-0.25, -0.2) is 0 Å². The average molecular weight is 313 g/mol. The predicted molar refractivity (Wildman–Crippen MR) is 86.1 cm³/mol. The Kier molecular flexibility index (Phi) is 6.77. The molecule has 0 aliphatic carbocycles. The molecule has 4 nitrogen and oxygen atoms in total. The van der Waals surface area contributed by atoms with Crippen LogP contribution in [0.3, 0.4) is 0 Å². The Balaban J connectivity index is 1.95. The number of aliphatic hydroxyl groups is 1. The molecule has 0 radical (unpaired) electrons. The van der Waals surface area contributed by atoms with Gasteiger partial charge >= 0.3 is 0 Å². The maximum absolute atomic E-state index is 10.5. The van der Waals surface area contributed by atoms with Crippen LogP contribution in [0.2, 0.25) is 5.02 Å². The summed E-state index contributed by atoms with van der Waals surface area (Å²) < 4.78 is 5.71. The minimum Gasteiger partial charge on any atom is -0.493 e. The van der Waals surface area contributed by atoms with Crippen LogP contribution in [0.1, 0.15) is 31.4 Å². The topological polar surface area (TPSA) is 44.7 Å². The SMILES string of the molecule is CCCOc1ccc(Cl)cc1C(O)CCN1CCNCC1. The molecule has 1 saturated heterocycles. The number of rotatable bonds is 7. The van der Waals surface area contributed by atoms with Gasteiger partial charge in [0.25, 0.3) is 0 Å². The van der Waals surface area contributed by atoms with Crippen molar-refractivity contribution in [2.24, 2.45) is 0 Å². The first-order valence-electron chi connectivity index (χ1n) is 7.74. The molecular formula is C16H25ClN2O2. The van der Waals surface area contributed by atoms with E-state index in [1.807, 2.05) is 12.1 Å². The number of benzene rings is 1. The molecule has 0 bridgehead atoms. The van der Waals surface area contributed by atoms with Crippen molar-refractivity contribution in [1.29, 1.82) is 0 Å². The Morgan fingerprint density at radius 1 is 1.38 bits per heavy atom. The molecule has 1 atom stereocenters. The molecule has 1 fully saturated rings. The van der Waals surface area contributed by atoms with Crippen LogP contribution in [0.25, 0.3) is 0 Å². The number of aliphatic hydroxyl groups excluding tert-OH is 1. The van der Waals surface area contributed by atoms with Crippen molar-refractivity contribution < 1.29 is 9.84 Å². The third-order valence-corrected chi connectivity index (χ3v) is 3.96. The summed E-state index contributed by atoms with van der Waals surface area (Å²) in [5.41, 5.74) is 0.797. The lowest BCUT2D eigenvalue weighted by atomic mass is 10.0. The highest BCUT2D eigenvalue weighted by atomic mass is 35.5. The molecule has 1 aromatic rings. The van der Waals surface area contributed by atoms with Crippen LogP contribution in [-0.2, 0) is 0 Å². The summed E-state index contributed by atoms with van der Waals surface area (Å²) in [6, 6.07) is 5.47. The van der Waals surface area contributed by atoms with Crippen molar-refractivity contribution in [3.8, 4) is 5.75 Å². The lowest BCUT2D eigenvalue weighted by molar-refractivity contribution is 0.133. The van der Waals surface area contributed by atoms with Crippen LogP contribution < -0.4 is 10.1 Å². The monoisotopic (exact) mass is 312 g/mol. The van der Waals surface area contributed by atoms with Crippen molar-refractivity contribution in [2.75, 3.05) is 39.3 Å². The van der Waals surface area contributed by atoms with Gasteiger partial charge in [-0.1, -0.05) is 18.5 Å². The van der Waals surface area contributed by atoms with Crippen molar-refractivity contribution >= 4 is 11.6 Å². The minimum absolute atomic E-state index is 0.537. The van der Waals surface area contributed by atoms with Gasteiger partial charge in [0.05, 0.1) is 12.7 Å². The van der Waals surface area contributed by atoms with E-state index >= 15 is 0 Å². The van der Waals surface area contributed by atoms with Gasteiger partial charge in [0.1, 0.15) is 5.75 Å². The molecule has 1 aromatic carbocycles. The number of ether oxygens (including phenoxy) is 1. The van der Waals surface area contributed by atoms with Crippen molar-refractivity contribution in [2.45, 2.75) is 25.9 Å². The summed E-state index contributed by atoms with van der Waals surface area (Å²) in [4.78, 5) is 2.37. The maximum Gasteiger partial charge on any atom is 0.125 e. The molecule has 5 heteroatoms. The Labute approximate surface area is 132 Å². The zero-order valence-electron chi connectivity index (χ0n) is 12.6. The molecular weight excluding hydrogens is 288 g/mol. The van der Waals surface area contributed by atoms with E-state index in [1.54, 1.807) is 6.07 Å². The van der Waals surface area contributed by atoms with Gasteiger partial charge < -0.3 is 20.1 Å². The van der Waals surface area contributed by atoms with Crippen molar-refractivity contribution in [3.05, 3.63) is 28.8 Å². The van der Waals surface area contributed by atoms with Crippen LogP contribution in [0.5, 0.6) is 5.75 Å². The van der Waals surface area contributed by atoms with Gasteiger partial charge in [-0.05, 0) is 31.0 Å². The largest absolute Gasteiger partial charge is 0.493 e. The normalized spacial score (nSPS) is 17.7. The van der Waals surface area contributed by atoms with E-state index in [2.05, 4.69) is 17.1 Å². The quantitative estimate of drug-likeness (QED) is 0.812. The Bertz CT molecular complexity index is 436. The van der Waals surface area contributed by atoms with E-state index in [0.717, 1.165) is 50.5 Å². The van der Waals surface area contributed by atoms with E-state index in [-0.39, 0.29) is 0 Å². The second-order valence-electron chi connectivity index (χ2n) is 5.43. The summed E-state index contributed by atoms with van der Waals surface area (Å²) in [6.07, 6.45) is 1.10. The Hall–Kier alpha value is -0.810. The third kappa shape index (κ3) is 5.15. The molecule has 0 saturated carbocycles. The molecule has 0 spiro atoms. The fraction of sp³-hybridized carbons (Fsp3) is 0.625. The number of hydrogen-bond donors (Lipinski definition) is 2. The van der Waals surface area contributed by atoms with Gasteiger partial charge in [0.15, 0.2) is 0 Å². The molecule has 1 aliphatic heterocycles. The minimum atomic E-state index is -0.537. The van der Waals surface area contributed by atoms with E-state index in [9.17, 15) is 5.11 Å². The Morgan fingerprint density at radius 3 is 2.86 bits per heavy atom. The molecule has 1 aliphatic rings. The first-order chi connectivity index (χ1) is 10.2. The standard InChI is InChI=1S/C16H25ClN2O2/c1-2-11-21-16-4-3-13(17)12-14(16)15(20)5-8-19-9-6-18-7-10-19/h3-4,12,15,18,20H,2,5-11H2,1H3. The molecule has 0 aromatic heterocycles. The fourth-order valence-electron chi connectivity index (χ4n) is 2.52. The summed E-state index contributed by atoms with van der Waals surface area (Å²) >= 11 is 6.06. The van der Waals surface area contributed by atoms with Crippen LogP contribution in [0.15, 0.2) is 18.2 Å². The number of nitrogens with one attached hydrogen (secondary N) is 1. The fourth-order valence-corrected chi connectivity index (χ4v) is 2.70. The predicted octanol–water partition coefficient (Wildman–Crippen LogP) is 2.46. The Morgan fingerprint density at radius 2 is 2.14 bits per heavy atom. The molecule has 2 N–H and O–H groups in total. The maximum atomic E-state index is 10.5. The zero-order chi connectivity index (χ0) is 15.1. The van der Waals surface area contributed by atoms with Crippen molar-refractivity contribution in [1.82, 2.24) is 10.2 Å². The second kappa shape index (κ2) is 8.59. The highest BCUT2D eigenvalue weighted by Crippen LogP contribution is 2.30. The van der Waals surface area contributed by atoms with Crippen LogP contribution in [0, 0.1) is 0 Å². The summed E-state index contributed by atoms with van der Waals surface area (Å²) in [5.74, 6) is 0.745. The molecule has 2 rings (SSSR count). The number of halogens is 1. The van der Waals surface area contributed by atoms with Crippen LogP contribution in [0.4, 0.5) is 0 Å². The first-order valence-corrected chi connectivity index (χ1v) is 8.12. The molecule has 1 unspecified atom stereocenters.